The van der Waals surface area contributed by atoms with E-state index < -0.39 is 29.5 Å². The van der Waals surface area contributed by atoms with Gasteiger partial charge in [0.05, 0.1) is 12.4 Å². The predicted octanol–water partition coefficient (Wildman–Crippen LogP) is 2.17. The number of hydrogen-bond acceptors (Lipinski definition) is 6. The van der Waals surface area contributed by atoms with Crippen molar-refractivity contribution in [1.82, 2.24) is 10.6 Å². The summed E-state index contributed by atoms with van der Waals surface area (Å²) in [5.41, 5.74) is 0.00319. The van der Waals surface area contributed by atoms with Gasteiger partial charge in [0, 0.05) is 11.5 Å². The molecule has 0 aliphatic carbocycles. The molecule has 3 atom stereocenters. The SMILES string of the molecule is CC1OCC(=O)C1(C)NC(=O)C(CSCc1ccccc1)NC(=O)c1ccco1. The Kier molecular flexibility index (Phi) is 6.76. The van der Waals surface area contributed by atoms with Crippen LogP contribution in [0, 0.1) is 0 Å². The van der Waals surface area contributed by atoms with E-state index in [9.17, 15) is 14.4 Å². The first-order valence-corrected chi connectivity index (χ1v) is 10.5. The van der Waals surface area contributed by atoms with E-state index in [0.717, 1.165) is 5.56 Å². The molecule has 7 nitrogen and oxygen atoms in total. The van der Waals surface area contributed by atoms with Crippen LogP contribution in [0.25, 0.3) is 0 Å². The summed E-state index contributed by atoms with van der Waals surface area (Å²) in [5, 5.41) is 5.49. The Morgan fingerprint density at radius 3 is 2.62 bits per heavy atom. The van der Waals surface area contributed by atoms with Gasteiger partial charge in [0.15, 0.2) is 11.5 Å². The topological polar surface area (TPSA) is 97.6 Å². The molecule has 1 aliphatic rings. The normalized spacial score (nSPS) is 22.3. The molecule has 154 valence electrons. The van der Waals surface area contributed by atoms with Crippen molar-refractivity contribution in [3.63, 3.8) is 0 Å². The van der Waals surface area contributed by atoms with Crippen molar-refractivity contribution in [3.05, 3.63) is 60.1 Å². The molecule has 2 N–H and O–H groups in total. The van der Waals surface area contributed by atoms with Crippen molar-refractivity contribution in [1.29, 1.82) is 0 Å². The second-order valence-electron chi connectivity index (χ2n) is 7.07. The summed E-state index contributed by atoms with van der Waals surface area (Å²) < 4.78 is 10.5. The number of rotatable bonds is 8. The molecular weight excluding hydrogens is 392 g/mol. The van der Waals surface area contributed by atoms with Crippen LogP contribution in [-0.2, 0) is 20.1 Å². The molecule has 3 rings (SSSR count). The van der Waals surface area contributed by atoms with Gasteiger partial charge in [-0.2, -0.15) is 11.8 Å². The van der Waals surface area contributed by atoms with Gasteiger partial charge in [0.1, 0.15) is 18.2 Å². The Labute approximate surface area is 173 Å². The van der Waals surface area contributed by atoms with Gasteiger partial charge in [-0.05, 0) is 31.5 Å². The minimum Gasteiger partial charge on any atom is -0.459 e. The Balaban J connectivity index is 1.68. The highest BCUT2D eigenvalue weighted by Crippen LogP contribution is 2.22. The van der Waals surface area contributed by atoms with Crippen LogP contribution in [0.4, 0.5) is 0 Å². The molecule has 0 radical (unpaired) electrons. The summed E-state index contributed by atoms with van der Waals surface area (Å²) in [6.07, 6.45) is 0.947. The Morgan fingerprint density at radius 1 is 1.24 bits per heavy atom. The van der Waals surface area contributed by atoms with Gasteiger partial charge in [-0.15, -0.1) is 0 Å². The number of carbonyl (C=O) groups is 3. The lowest BCUT2D eigenvalue weighted by Gasteiger charge is -2.29. The summed E-state index contributed by atoms with van der Waals surface area (Å²) in [5.74, 6) is 0.0485. The lowest BCUT2D eigenvalue weighted by molar-refractivity contribution is -0.130. The Bertz CT molecular complexity index is 855. The van der Waals surface area contributed by atoms with Crippen LogP contribution in [-0.4, -0.2) is 47.6 Å². The Morgan fingerprint density at radius 2 is 2.00 bits per heavy atom. The standard InChI is InChI=1S/C21H24N2O5S/c1-14-21(2,18(24)11-28-14)23-19(25)16(22-20(26)17-9-6-10-27-17)13-29-12-15-7-4-3-5-8-15/h3-10,14,16H,11-13H2,1-2H3,(H,22,26)(H,23,25). The van der Waals surface area contributed by atoms with Gasteiger partial charge in [0.25, 0.3) is 5.91 Å². The predicted molar refractivity (Wildman–Crippen MR) is 110 cm³/mol. The third-order valence-corrected chi connectivity index (χ3v) is 6.11. The summed E-state index contributed by atoms with van der Waals surface area (Å²) in [6.45, 7) is 3.35. The maximum Gasteiger partial charge on any atom is 0.287 e. The van der Waals surface area contributed by atoms with E-state index in [1.165, 1.54) is 24.1 Å². The Hall–Kier alpha value is -2.58. The van der Waals surface area contributed by atoms with Crippen LogP contribution >= 0.6 is 11.8 Å². The van der Waals surface area contributed by atoms with Crippen LogP contribution in [0.3, 0.4) is 0 Å². The first-order chi connectivity index (χ1) is 13.9. The monoisotopic (exact) mass is 416 g/mol. The number of thioether (sulfide) groups is 1. The van der Waals surface area contributed by atoms with Crippen LogP contribution in [0.15, 0.2) is 53.1 Å². The van der Waals surface area contributed by atoms with Crippen LogP contribution < -0.4 is 10.6 Å². The summed E-state index contributed by atoms with van der Waals surface area (Å²) in [6, 6.07) is 12.1. The fourth-order valence-corrected chi connectivity index (χ4v) is 3.96. The third-order valence-electron chi connectivity index (χ3n) is 5.00. The van der Waals surface area contributed by atoms with Gasteiger partial charge >= 0.3 is 0 Å². The quantitative estimate of drug-likeness (QED) is 0.685. The molecule has 0 saturated carbocycles. The molecule has 3 unspecified atom stereocenters. The van der Waals surface area contributed by atoms with E-state index in [0.29, 0.717) is 11.5 Å². The van der Waals surface area contributed by atoms with Gasteiger partial charge in [-0.1, -0.05) is 30.3 Å². The number of hydrogen-bond donors (Lipinski definition) is 2. The average Bonchev–Trinajstić information content (AvgIpc) is 3.33. The van der Waals surface area contributed by atoms with Crippen molar-refractivity contribution in [2.45, 2.75) is 37.3 Å². The maximum atomic E-state index is 13.0. The number of benzene rings is 1. The average molecular weight is 416 g/mol. The fourth-order valence-electron chi connectivity index (χ4n) is 2.95. The third kappa shape index (κ3) is 5.07. The van der Waals surface area contributed by atoms with Crippen molar-refractivity contribution < 1.29 is 23.5 Å². The zero-order valence-corrected chi connectivity index (χ0v) is 17.2. The number of ketones is 1. The molecule has 1 fully saturated rings. The molecule has 8 heteroatoms. The van der Waals surface area contributed by atoms with E-state index >= 15 is 0 Å². The van der Waals surface area contributed by atoms with E-state index in [1.807, 2.05) is 30.3 Å². The van der Waals surface area contributed by atoms with E-state index in [1.54, 1.807) is 19.9 Å². The largest absolute Gasteiger partial charge is 0.459 e. The highest BCUT2D eigenvalue weighted by atomic mass is 32.2. The fraction of sp³-hybridized carbons (Fsp3) is 0.381. The summed E-state index contributed by atoms with van der Waals surface area (Å²) >= 11 is 1.52. The number of nitrogens with one attached hydrogen (secondary N) is 2. The molecular formula is C21H24N2O5S. The van der Waals surface area contributed by atoms with Crippen LogP contribution in [0.1, 0.15) is 30.0 Å². The van der Waals surface area contributed by atoms with Gasteiger partial charge in [-0.3, -0.25) is 14.4 Å². The molecule has 0 spiro atoms. The van der Waals surface area contributed by atoms with Crippen molar-refractivity contribution >= 4 is 29.4 Å². The van der Waals surface area contributed by atoms with Crippen molar-refractivity contribution in [3.8, 4) is 0 Å². The minimum absolute atomic E-state index is 0.0376. The zero-order valence-electron chi connectivity index (χ0n) is 16.3. The molecule has 29 heavy (non-hydrogen) atoms. The van der Waals surface area contributed by atoms with E-state index in [4.69, 9.17) is 9.15 Å². The van der Waals surface area contributed by atoms with Crippen LogP contribution in [0.5, 0.6) is 0 Å². The maximum absolute atomic E-state index is 13.0. The highest BCUT2D eigenvalue weighted by Gasteiger charge is 2.47. The summed E-state index contributed by atoms with van der Waals surface area (Å²) in [7, 11) is 0. The second-order valence-corrected chi connectivity index (χ2v) is 8.10. The zero-order chi connectivity index (χ0) is 20.9. The molecule has 1 saturated heterocycles. The molecule has 1 aromatic carbocycles. The lowest BCUT2D eigenvalue weighted by Crippen LogP contribution is -2.60. The molecule has 2 heterocycles. The smallest absolute Gasteiger partial charge is 0.287 e. The number of carbonyl (C=O) groups excluding carboxylic acids is 3. The first kappa shape index (κ1) is 21.1. The molecule has 1 aliphatic heterocycles. The number of furan rings is 1. The molecule has 2 aromatic rings. The highest BCUT2D eigenvalue weighted by molar-refractivity contribution is 7.98. The summed E-state index contributed by atoms with van der Waals surface area (Å²) in [4.78, 5) is 37.6. The molecule has 1 aromatic heterocycles. The number of amides is 2. The minimum atomic E-state index is -1.12. The number of ether oxygens (including phenoxy) is 1. The lowest BCUT2D eigenvalue weighted by atomic mass is 9.93. The van der Waals surface area contributed by atoms with E-state index in [2.05, 4.69) is 10.6 Å². The molecule has 2 amide bonds. The van der Waals surface area contributed by atoms with Gasteiger partial charge in [-0.25, -0.2) is 0 Å². The van der Waals surface area contributed by atoms with Crippen LogP contribution in [0.2, 0.25) is 0 Å². The number of Topliss-reactive ketones (excluding diaryl/α,β-unsaturated/α-hetero) is 1. The van der Waals surface area contributed by atoms with Gasteiger partial charge in [0.2, 0.25) is 5.91 Å². The van der Waals surface area contributed by atoms with Gasteiger partial charge < -0.3 is 19.8 Å². The second kappa shape index (κ2) is 9.28. The van der Waals surface area contributed by atoms with Crippen molar-refractivity contribution in [2.75, 3.05) is 12.4 Å². The van der Waals surface area contributed by atoms with E-state index in [-0.39, 0.29) is 18.2 Å². The van der Waals surface area contributed by atoms with Crippen molar-refractivity contribution in [2.24, 2.45) is 0 Å². The molecule has 0 bridgehead atoms. The first-order valence-electron chi connectivity index (χ1n) is 9.33.